The zero-order chi connectivity index (χ0) is 16.5. The van der Waals surface area contributed by atoms with E-state index in [-0.39, 0.29) is 12.0 Å². The van der Waals surface area contributed by atoms with Crippen molar-refractivity contribution in [2.24, 2.45) is 0 Å². The maximum absolute atomic E-state index is 11.5. The number of aromatic hydroxyl groups is 1. The van der Waals surface area contributed by atoms with E-state index in [9.17, 15) is 9.90 Å². The molecule has 4 rings (SSSR count). The minimum absolute atomic E-state index is 0.120. The summed E-state index contributed by atoms with van der Waals surface area (Å²) in [6.07, 6.45) is 3.71. The lowest BCUT2D eigenvalue weighted by Gasteiger charge is -2.23. The van der Waals surface area contributed by atoms with Crippen molar-refractivity contribution in [3.63, 3.8) is 0 Å². The lowest BCUT2D eigenvalue weighted by atomic mass is 10.0. The topological polar surface area (TPSA) is 64.4 Å². The van der Waals surface area contributed by atoms with Gasteiger partial charge < -0.3 is 9.84 Å². The van der Waals surface area contributed by atoms with Gasteiger partial charge in [-0.3, -0.25) is 4.79 Å². The van der Waals surface area contributed by atoms with E-state index < -0.39 is 0 Å². The number of fused-ring (bicyclic) bond motifs is 1. The van der Waals surface area contributed by atoms with Crippen molar-refractivity contribution in [3.8, 4) is 16.9 Å². The number of phenols is 1. The molecule has 1 atom stereocenters. The van der Waals surface area contributed by atoms with Crippen molar-refractivity contribution in [1.29, 1.82) is 0 Å². The third-order valence-electron chi connectivity index (χ3n) is 4.49. The molecule has 0 spiro atoms. The Kier molecular flexibility index (Phi) is 3.78. The molecular weight excluding hydrogens is 304 g/mol. The van der Waals surface area contributed by atoms with Crippen LogP contribution in [0.1, 0.15) is 36.0 Å². The molecule has 3 aromatic rings. The molecule has 2 aromatic carbocycles. The van der Waals surface area contributed by atoms with Crippen LogP contribution in [0.2, 0.25) is 0 Å². The molecule has 1 aromatic heterocycles. The molecule has 1 N–H and O–H groups in total. The van der Waals surface area contributed by atoms with Crippen LogP contribution in [0.15, 0.2) is 42.5 Å². The SMILES string of the molecule is O=Cc1nn(C2CCCCO2)c2ccc(-c3ccccc3O)cc12. The van der Waals surface area contributed by atoms with Crippen LogP contribution in [-0.4, -0.2) is 27.8 Å². The van der Waals surface area contributed by atoms with E-state index in [4.69, 9.17) is 4.74 Å². The van der Waals surface area contributed by atoms with Gasteiger partial charge in [0, 0.05) is 17.6 Å². The number of benzene rings is 2. The number of para-hydroxylation sites is 1. The van der Waals surface area contributed by atoms with Gasteiger partial charge in [0.25, 0.3) is 0 Å². The van der Waals surface area contributed by atoms with Gasteiger partial charge >= 0.3 is 0 Å². The van der Waals surface area contributed by atoms with E-state index >= 15 is 0 Å². The number of aromatic nitrogens is 2. The number of aldehydes is 1. The maximum Gasteiger partial charge on any atom is 0.170 e. The summed E-state index contributed by atoms with van der Waals surface area (Å²) in [7, 11) is 0. The molecule has 1 fully saturated rings. The number of hydrogen-bond acceptors (Lipinski definition) is 4. The lowest BCUT2D eigenvalue weighted by molar-refractivity contribution is -0.0367. The van der Waals surface area contributed by atoms with Gasteiger partial charge in [0.05, 0.1) is 5.52 Å². The van der Waals surface area contributed by atoms with Crippen LogP contribution < -0.4 is 0 Å². The molecule has 5 heteroatoms. The minimum atomic E-state index is -0.120. The van der Waals surface area contributed by atoms with Gasteiger partial charge in [-0.15, -0.1) is 0 Å². The highest BCUT2D eigenvalue weighted by Crippen LogP contribution is 2.33. The Labute approximate surface area is 139 Å². The second kappa shape index (κ2) is 6.09. The van der Waals surface area contributed by atoms with Crippen molar-refractivity contribution in [2.75, 3.05) is 6.61 Å². The summed E-state index contributed by atoms with van der Waals surface area (Å²) in [5.41, 5.74) is 2.87. The summed E-state index contributed by atoms with van der Waals surface area (Å²) in [6, 6.07) is 12.9. The fourth-order valence-electron chi connectivity index (χ4n) is 3.27. The zero-order valence-corrected chi connectivity index (χ0v) is 13.2. The number of phenolic OH excluding ortho intramolecular Hbond substituents is 1. The van der Waals surface area contributed by atoms with Gasteiger partial charge in [-0.1, -0.05) is 24.3 Å². The molecule has 1 aliphatic rings. The van der Waals surface area contributed by atoms with E-state index in [2.05, 4.69) is 5.10 Å². The zero-order valence-electron chi connectivity index (χ0n) is 13.2. The summed E-state index contributed by atoms with van der Waals surface area (Å²) in [5.74, 6) is 0.215. The van der Waals surface area contributed by atoms with Gasteiger partial charge in [-0.2, -0.15) is 5.10 Å². The Morgan fingerprint density at radius 2 is 2.08 bits per heavy atom. The van der Waals surface area contributed by atoms with Crippen LogP contribution in [0.25, 0.3) is 22.0 Å². The first-order valence-electron chi connectivity index (χ1n) is 8.15. The van der Waals surface area contributed by atoms with Gasteiger partial charge in [-0.05, 0) is 43.0 Å². The van der Waals surface area contributed by atoms with Crippen molar-refractivity contribution < 1.29 is 14.6 Å². The molecule has 0 amide bonds. The summed E-state index contributed by atoms with van der Waals surface area (Å²) in [5, 5.41) is 15.3. The number of carbonyl (C=O) groups is 1. The predicted octanol–water partition coefficient (Wildman–Crippen LogP) is 3.92. The Bertz CT molecular complexity index is 895. The molecule has 2 heterocycles. The van der Waals surface area contributed by atoms with Crippen molar-refractivity contribution in [2.45, 2.75) is 25.5 Å². The normalized spacial score (nSPS) is 17.9. The number of carbonyl (C=O) groups excluding carboxylic acids is 1. The first-order chi connectivity index (χ1) is 11.8. The van der Waals surface area contributed by atoms with Crippen LogP contribution in [0.4, 0.5) is 0 Å². The second-order valence-corrected chi connectivity index (χ2v) is 6.02. The quantitative estimate of drug-likeness (QED) is 0.742. The maximum atomic E-state index is 11.5. The molecule has 0 bridgehead atoms. The highest BCUT2D eigenvalue weighted by atomic mass is 16.5. The lowest BCUT2D eigenvalue weighted by Crippen LogP contribution is -2.19. The largest absolute Gasteiger partial charge is 0.507 e. The highest BCUT2D eigenvalue weighted by molar-refractivity contribution is 5.97. The molecule has 0 radical (unpaired) electrons. The summed E-state index contributed by atoms with van der Waals surface area (Å²) >= 11 is 0. The van der Waals surface area contributed by atoms with Crippen LogP contribution in [0.3, 0.4) is 0 Å². The van der Waals surface area contributed by atoms with Crippen molar-refractivity contribution in [1.82, 2.24) is 9.78 Å². The second-order valence-electron chi connectivity index (χ2n) is 6.02. The standard InChI is InChI=1S/C19H18N2O3/c22-12-16-15-11-13(14-5-1-2-6-18(14)23)8-9-17(15)21(20-16)19-7-3-4-10-24-19/h1-2,5-6,8-9,11-12,19,23H,3-4,7,10H2. The average Bonchev–Trinajstić information content (AvgIpc) is 3.01. The van der Waals surface area contributed by atoms with Crippen LogP contribution >= 0.6 is 0 Å². The molecule has 1 saturated heterocycles. The third kappa shape index (κ3) is 2.47. The monoisotopic (exact) mass is 322 g/mol. The highest BCUT2D eigenvalue weighted by Gasteiger charge is 2.21. The van der Waals surface area contributed by atoms with Crippen molar-refractivity contribution in [3.05, 3.63) is 48.2 Å². The van der Waals surface area contributed by atoms with E-state index in [0.717, 1.165) is 54.2 Å². The van der Waals surface area contributed by atoms with E-state index in [0.29, 0.717) is 5.69 Å². The van der Waals surface area contributed by atoms with Gasteiger partial charge in [0.1, 0.15) is 11.4 Å². The molecule has 122 valence electrons. The summed E-state index contributed by atoms with van der Waals surface area (Å²) < 4.78 is 7.62. The molecule has 1 aliphatic heterocycles. The fourth-order valence-corrected chi connectivity index (χ4v) is 3.27. The van der Waals surface area contributed by atoms with E-state index in [1.807, 2.05) is 35.0 Å². The first kappa shape index (κ1) is 14.9. The smallest absolute Gasteiger partial charge is 0.170 e. The van der Waals surface area contributed by atoms with Crippen LogP contribution in [-0.2, 0) is 4.74 Å². The van der Waals surface area contributed by atoms with E-state index in [1.165, 1.54) is 0 Å². The number of nitrogens with zero attached hydrogens (tertiary/aromatic N) is 2. The predicted molar refractivity (Wildman–Crippen MR) is 91.1 cm³/mol. The number of hydrogen-bond donors (Lipinski definition) is 1. The summed E-state index contributed by atoms with van der Waals surface area (Å²) in [6.45, 7) is 0.721. The van der Waals surface area contributed by atoms with Crippen molar-refractivity contribution >= 4 is 17.2 Å². The van der Waals surface area contributed by atoms with Gasteiger partial charge in [0.15, 0.2) is 12.5 Å². The summed E-state index contributed by atoms with van der Waals surface area (Å²) in [4.78, 5) is 11.5. The number of ether oxygens (including phenoxy) is 1. The molecule has 24 heavy (non-hydrogen) atoms. The number of rotatable bonds is 3. The Hall–Kier alpha value is -2.66. The molecule has 5 nitrogen and oxygen atoms in total. The van der Waals surface area contributed by atoms with E-state index in [1.54, 1.807) is 12.1 Å². The van der Waals surface area contributed by atoms with Gasteiger partial charge in [0.2, 0.25) is 0 Å². The first-order valence-corrected chi connectivity index (χ1v) is 8.15. The minimum Gasteiger partial charge on any atom is -0.507 e. The Morgan fingerprint density at radius 1 is 1.21 bits per heavy atom. The molecular formula is C19H18N2O3. The Balaban J connectivity index is 1.85. The Morgan fingerprint density at radius 3 is 2.83 bits per heavy atom. The van der Waals surface area contributed by atoms with Crippen LogP contribution in [0.5, 0.6) is 5.75 Å². The third-order valence-corrected chi connectivity index (χ3v) is 4.49. The molecule has 0 aliphatic carbocycles. The average molecular weight is 322 g/mol. The van der Waals surface area contributed by atoms with Crippen LogP contribution in [0, 0.1) is 0 Å². The fraction of sp³-hybridized carbons (Fsp3) is 0.263. The molecule has 1 unspecified atom stereocenters. The van der Waals surface area contributed by atoms with Gasteiger partial charge in [-0.25, -0.2) is 4.68 Å². The molecule has 0 saturated carbocycles.